The fourth-order valence-corrected chi connectivity index (χ4v) is 3.50. The third kappa shape index (κ3) is 6.36. The molecule has 27 heavy (non-hydrogen) atoms. The lowest BCUT2D eigenvalue weighted by Gasteiger charge is -2.06. The van der Waals surface area contributed by atoms with Crippen LogP contribution in [0.4, 0.5) is 0 Å². The number of carbonyl (C=O) groups excluding carboxylic acids is 1. The smallest absolute Gasteiger partial charge is 0.399 e. The van der Waals surface area contributed by atoms with Crippen LogP contribution in [0, 0.1) is 22.9 Å². The minimum atomic E-state index is -2.34. The molecule has 3 aromatic rings. The molecular formula is C24H18O2Si. The SMILES string of the molecule is O=C(Cc1ccccc1)O[SiH](C#Cc1ccccc1)C#Cc1ccccc1. The van der Waals surface area contributed by atoms with Crippen LogP contribution in [0.15, 0.2) is 91.0 Å². The summed E-state index contributed by atoms with van der Waals surface area (Å²) in [6, 6.07) is 28.8. The van der Waals surface area contributed by atoms with Gasteiger partial charge in [-0.3, -0.25) is 4.79 Å². The van der Waals surface area contributed by atoms with Gasteiger partial charge < -0.3 is 4.43 Å². The average molecular weight is 366 g/mol. The Bertz CT molecular complexity index is 934. The van der Waals surface area contributed by atoms with Crippen LogP contribution in [0.25, 0.3) is 0 Å². The monoisotopic (exact) mass is 366 g/mol. The second-order valence-corrected chi connectivity index (χ2v) is 7.38. The summed E-state index contributed by atoms with van der Waals surface area (Å²) in [5.74, 6) is 5.88. The van der Waals surface area contributed by atoms with Crippen molar-refractivity contribution in [3.63, 3.8) is 0 Å². The van der Waals surface area contributed by atoms with Gasteiger partial charge in [0.15, 0.2) is 0 Å². The van der Waals surface area contributed by atoms with Crippen molar-refractivity contribution in [1.82, 2.24) is 0 Å². The molecule has 2 nitrogen and oxygen atoms in total. The highest BCUT2D eigenvalue weighted by molar-refractivity contribution is 6.71. The molecule has 0 aromatic heterocycles. The average Bonchev–Trinajstić information content (AvgIpc) is 2.72. The van der Waals surface area contributed by atoms with Crippen LogP contribution in [0.3, 0.4) is 0 Å². The molecule has 0 saturated heterocycles. The van der Waals surface area contributed by atoms with Crippen LogP contribution in [0.5, 0.6) is 0 Å². The van der Waals surface area contributed by atoms with Gasteiger partial charge in [-0.1, -0.05) is 89.7 Å². The maximum atomic E-state index is 12.3. The predicted molar refractivity (Wildman–Crippen MR) is 110 cm³/mol. The second kappa shape index (κ2) is 9.82. The van der Waals surface area contributed by atoms with E-state index >= 15 is 0 Å². The largest absolute Gasteiger partial charge is 0.498 e. The highest BCUT2D eigenvalue weighted by Crippen LogP contribution is 2.02. The summed E-state index contributed by atoms with van der Waals surface area (Å²) in [5.41, 5.74) is 8.88. The zero-order valence-corrected chi connectivity index (χ0v) is 15.9. The van der Waals surface area contributed by atoms with Crippen LogP contribution in [0.2, 0.25) is 0 Å². The van der Waals surface area contributed by atoms with Crippen molar-refractivity contribution in [2.24, 2.45) is 0 Å². The maximum Gasteiger partial charge on any atom is 0.399 e. The molecule has 0 atom stereocenters. The molecule has 0 amide bonds. The third-order valence-electron chi connectivity index (χ3n) is 3.68. The standard InChI is InChI=1S/C24H18O2Si/c25-24(20-23-14-8-3-9-15-23)26-27(18-16-21-10-4-1-5-11-21)19-17-22-12-6-2-7-13-22/h1-15,27H,20H2. The van der Waals surface area contributed by atoms with Crippen molar-refractivity contribution in [3.8, 4) is 22.9 Å². The van der Waals surface area contributed by atoms with E-state index in [-0.39, 0.29) is 12.4 Å². The van der Waals surface area contributed by atoms with E-state index in [1.165, 1.54) is 0 Å². The molecule has 0 N–H and O–H groups in total. The lowest BCUT2D eigenvalue weighted by Crippen LogP contribution is -2.21. The quantitative estimate of drug-likeness (QED) is 0.522. The van der Waals surface area contributed by atoms with Gasteiger partial charge in [0.05, 0.1) is 6.42 Å². The molecule has 0 spiro atoms. The molecule has 3 aromatic carbocycles. The highest BCUT2D eigenvalue weighted by atomic mass is 28.3. The fraction of sp³-hybridized carbons (Fsp3) is 0.0417. The first-order valence-electron chi connectivity index (χ1n) is 8.66. The molecule has 0 aliphatic heterocycles. The van der Waals surface area contributed by atoms with Gasteiger partial charge in [0.2, 0.25) is 0 Å². The minimum Gasteiger partial charge on any atom is -0.498 e. The van der Waals surface area contributed by atoms with Gasteiger partial charge in [0, 0.05) is 11.1 Å². The molecule has 0 aliphatic carbocycles. The first kappa shape index (κ1) is 18.3. The van der Waals surface area contributed by atoms with Gasteiger partial charge in [-0.05, 0) is 29.8 Å². The van der Waals surface area contributed by atoms with Gasteiger partial charge in [0.25, 0.3) is 5.97 Å². The molecule has 0 heterocycles. The first-order chi connectivity index (χ1) is 13.3. The van der Waals surface area contributed by atoms with Gasteiger partial charge >= 0.3 is 9.04 Å². The third-order valence-corrected chi connectivity index (χ3v) is 5.00. The molecule has 130 valence electrons. The van der Waals surface area contributed by atoms with Crippen molar-refractivity contribution in [2.45, 2.75) is 6.42 Å². The van der Waals surface area contributed by atoms with Crippen LogP contribution < -0.4 is 0 Å². The molecule has 0 radical (unpaired) electrons. The Labute approximate surface area is 161 Å². The normalized spacial score (nSPS) is 9.52. The second-order valence-electron chi connectivity index (χ2n) is 5.80. The number of benzene rings is 3. The molecule has 0 fully saturated rings. The molecule has 0 unspecified atom stereocenters. The number of hydrogen-bond donors (Lipinski definition) is 0. The lowest BCUT2D eigenvalue weighted by atomic mass is 10.2. The number of hydrogen-bond acceptors (Lipinski definition) is 2. The molecule has 0 aliphatic rings. The summed E-state index contributed by atoms with van der Waals surface area (Å²) in [5, 5.41) is 0. The van der Waals surface area contributed by atoms with Crippen molar-refractivity contribution < 1.29 is 9.22 Å². The Morgan fingerprint density at radius 2 is 1.15 bits per heavy atom. The van der Waals surface area contributed by atoms with E-state index in [1.807, 2.05) is 91.0 Å². The fourth-order valence-electron chi connectivity index (χ4n) is 2.37. The van der Waals surface area contributed by atoms with Crippen molar-refractivity contribution in [3.05, 3.63) is 108 Å². The van der Waals surface area contributed by atoms with E-state index in [0.29, 0.717) is 0 Å². The Morgan fingerprint density at radius 1 is 0.704 bits per heavy atom. The molecule has 0 saturated carbocycles. The lowest BCUT2D eigenvalue weighted by molar-refractivity contribution is -0.133. The van der Waals surface area contributed by atoms with Crippen LogP contribution in [-0.2, 0) is 15.6 Å². The molecule has 3 heteroatoms. The highest BCUT2D eigenvalue weighted by Gasteiger charge is 2.13. The minimum absolute atomic E-state index is 0.227. The number of rotatable bonds is 3. The van der Waals surface area contributed by atoms with E-state index in [9.17, 15) is 4.79 Å². The predicted octanol–water partition coefficient (Wildman–Crippen LogP) is 3.68. The Balaban J connectivity index is 1.76. The maximum absolute atomic E-state index is 12.3. The Morgan fingerprint density at radius 3 is 1.63 bits per heavy atom. The van der Waals surface area contributed by atoms with Gasteiger partial charge in [-0.2, -0.15) is 0 Å². The topological polar surface area (TPSA) is 26.3 Å². The van der Waals surface area contributed by atoms with Crippen LogP contribution in [0.1, 0.15) is 16.7 Å². The summed E-state index contributed by atoms with van der Waals surface area (Å²) in [7, 11) is -2.34. The van der Waals surface area contributed by atoms with Crippen molar-refractivity contribution >= 4 is 15.0 Å². The van der Waals surface area contributed by atoms with Gasteiger partial charge in [-0.25, -0.2) is 0 Å². The first-order valence-corrected chi connectivity index (χ1v) is 10.3. The van der Waals surface area contributed by atoms with E-state index in [4.69, 9.17) is 4.43 Å². The van der Waals surface area contributed by atoms with Gasteiger partial charge in [-0.15, -0.1) is 0 Å². The molecule has 3 rings (SSSR count). The van der Waals surface area contributed by atoms with E-state index < -0.39 is 9.04 Å². The summed E-state index contributed by atoms with van der Waals surface area (Å²) < 4.78 is 5.65. The van der Waals surface area contributed by atoms with E-state index in [2.05, 4.69) is 22.9 Å². The summed E-state index contributed by atoms with van der Waals surface area (Å²) >= 11 is 0. The molecule has 0 bridgehead atoms. The summed E-state index contributed by atoms with van der Waals surface area (Å²) in [6.45, 7) is 0. The van der Waals surface area contributed by atoms with Crippen molar-refractivity contribution in [1.29, 1.82) is 0 Å². The van der Waals surface area contributed by atoms with Crippen LogP contribution >= 0.6 is 0 Å². The van der Waals surface area contributed by atoms with Crippen molar-refractivity contribution in [2.75, 3.05) is 0 Å². The van der Waals surface area contributed by atoms with E-state index in [0.717, 1.165) is 16.7 Å². The zero-order chi connectivity index (χ0) is 18.7. The van der Waals surface area contributed by atoms with Crippen LogP contribution in [-0.4, -0.2) is 15.0 Å². The number of carbonyl (C=O) groups is 1. The summed E-state index contributed by atoms with van der Waals surface area (Å²) in [6.07, 6.45) is 0.227. The zero-order valence-electron chi connectivity index (χ0n) is 14.8. The van der Waals surface area contributed by atoms with Gasteiger partial charge in [0.1, 0.15) is 0 Å². The summed E-state index contributed by atoms with van der Waals surface area (Å²) in [4.78, 5) is 12.3. The Kier molecular flexibility index (Phi) is 6.64. The Hall–Kier alpha value is -3.53. The van der Waals surface area contributed by atoms with E-state index in [1.54, 1.807) is 0 Å². The molecular weight excluding hydrogens is 348 g/mol.